The minimum Gasteiger partial charge on any atom is -0.323 e. The smallest absolute Gasteiger partial charge is 0.323 e. The quantitative estimate of drug-likeness (QED) is 0.732. The molecule has 8 nitrogen and oxygen atoms in total. The summed E-state index contributed by atoms with van der Waals surface area (Å²) in [5.74, 6) is -1.84. The highest BCUT2D eigenvalue weighted by Crippen LogP contribution is 2.22. The van der Waals surface area contributed by atoms with Gasteiger partial charge >= 0.3 is 5.97 Å². The van der Waals surface area contributed by atoms with Crippen molar-refractivity contribution in [2.45, 2.75) is 12.8 Å². The molecule has 1 aliphatic heterocycles. The summed E-state index contributed by atoms with van der Waals surface area (Å²) in [6.45, 7) is 0. The second-order valence-electron chi connectivity index (χ2n) is 4.53. The largest absolute Gasteiger partial charge is 0.382 e. The van der Waals surface area contributed by atoms with Crippen LogP contribution in [0.1, 0.15) is 23.3 Å². The van der Waals surface area contributed by atoms with Crippen LogP contribution < -0.4 is 0 Å². The minimum atomic E-state index is -0.923. The van der Waals surface area contributed by atoms with Crippen LogP contribution in [-0.2, 0) is 14.4 Å². The van der Waals surface area contributed by atoms with Gasteiger partial charge in [-0.2, -0.15) is 5.10 Å². The Balaban J connectivity index is 1.94. The van der Waals surface area contributed by atoms with Gasteiger partial charge in [-0.25, -0.2) is 14.5 Å². The van der Waals surface area contributed by atoms with Crippen LogP contribution in [0, 0.1) is 0 Å². The summed E-state index contributed by atoms with van der Waals surface area (Å²) in [6, 6.07) is 4.59. The van der Waals surface area contributed by atoms with E-state index < -0.39 is 17.8 Å². The lowest BCUT2D eigenvalue weighted by Crippen LogP contribution is -2.32. The van der Waals surface area contributed by atoms with Crippen LogP contribution in [0.4, 0.5) is 0 Å². The number of carbonyl (C=O) groups is 3. The molecule has 0 saturated carbocycles. The number of carbonyl (C=O) groups excluding carboxylic acids is 3. The number of imide groups is 1. The van der Waals surface area contributed by atoms with Crippen LogP contribution in [-0.4, -0.2) is 37.6 Å². The molecule has 3 heterocycles. The van der Waals surface area contributed by atoms with Crippen molar-refractivity contribution < 1.29 is 19.2 Å². The molecule has 23 heavy (non-hydrogen) atoms. The van der Waals surface area contributed by atoms with E-state index in [0.29, 0.717) is 9.67 Å². The number of nitrogens with zero attached hydrogens (tertiary/aromatic N) is 4. The fourth-order valence-corrected chi connectivity index (χ4v) is 2.56. The maximum absolute atomic E-state index is 12.3. The normalized spacial score (nSPS) is 14.4. The molecule has 0 N–H and O–H groups in total. The maximum Gasteiger partial charge on any atom is 0.382 e. The van der Waals surface area contributed by atoms with Crippen molar-refractivity contribution in [3.63, 3.8) is 0 Å². The first-order valence-corrected chi connectivity index (χ1v) is 7.59. The Morgan fingerprint density at radius 3 is 2.65 bits per heavy atom. The third-order valence-electron chi connectivity index (χ3n) is 3.01. The van der Waals surface area contributed by atoms with E-state index in [9.17, 15) is 14.4 Å². The SMILES string of the molecule is O=C(ON1C(=O)CCC1=O)c1cc(Br)nn1-c1ncccc1Cl. The fourth-order valence-electron chi connectivity index (χ4n) is 1.98. The summed E-state index contributed by atoms with van der Waals surface area (Å²) in [5, 5.41) is 4.81. The van der Waals surface area contributed by atoms with Crippen molar-refractivity contribution >= 4 is 45.3 Å². The first-order valence-electron chi connectivity index (χ1n) is 6.42. The highest BCUT2D eigenvalue weighted by atomic mass is 79.9. The third-order valence-corrected chi connectivity index (χ3v) is 3.69. The van der Waals surface area contributed by atoms with E-state index in [0.717, 1.165) is 0 Å². The van der Waals surface area contributed by atoms with Gasteiger partial charge in [-0.15, -0.1) is 5.06 Å². The lowest BCUT2D eigenvalue weighted by atomic mass is 10.4. The van der Waals surface area contributed by atoms with E-state index in [4.69, 9.17) is 16.4 Å². The number of hydroxylamine groups is 2. The van der Waals surface area contributed by atoms with Gasteiger partial charge in [0.05, 0.1) is 5.02 Å². The summed E-state index contributed by atoms with van der Waals surface area (Å²) in [5.41, 5.74) is -0.0371. The Labute approximate surface area is 143 Å². The Bertz CT molecular complexity index is 806. The number of amides is 2. The zero-order chi connectivity index (χ0) is 16.6. The molecule has 0 radical (unpaired) electrons. The number of hydrogen-bond donors (Lipinski definition) is 0. The second kappa shape index (κ2) is 6.09. The Kier molecular flexibility index (Phi) is 4.14. The summed E-state index contributed by atoms with van der Waals surface area (Å²) < 4.78 is 1.50. The molecule has 0 unspecified atom stereocenters. The zero-order valence-corrected chi connectivity index (χ0v) is 13.7. The molecule has 118 valence electrons. The first-order chi connectivity index (χ1) is 11.0. The minimum absolute atomic E-state index is 0.0150. The predicted molar refractivity (Wildman–Crippen MR) is 80.6 cm³/mol. The van der Waals surface area contributed by atoms with Gasteiger partial charge in [-0.05, 0) is 28.1 Å². The molecular weight excluding hydrogens is 392 g/mol. The number of pyridine rings is 1. The van der Waals surface area contributed by atoms with Crippen molar-refractivity contribution in [1.29, 1.82) is 0 Å². The van der Waals surface area contributed by atoms with E-state index in [1.54, 1.807) is 12.1 Å². The summed E-state index contributed by atoms with van der Waals surface area (Å²) in [6.07, 6.45) is 1.52. The van der Waals surface area contributed by atoms with E-state index in [2.05, 4.69) is 26.0 Å². The molecule has 0 spiro atoms. The maximum atomic E-state index is 12.3. The van der Waals surface area contributed by atoms with Crippen LogP contribution in [0.3, 0.4) is 0 Å². The van der Waals surface area contributed by atoms with Gasteiger partial charge in [0.1, 0.15) is 4.60 Å². The Hall–Kier alpha value is -2.26. The number of halogens is 2. The lowest BCUT2D eigenvalue weighted by molar-refractivity contribution is -0.172. The molecule has 1 aliphatic rings. The molecule has 2 aromatic heterocycles. The topological polar surface area (TPSA) is 94.4 Å². The highest BCUT2D eigenvalue weighted by molar-refractivity contribution is 9.10. The van der Waals surface area contributed by atoms with Gasteiger partial charge in [0.25, 0.3) is 11.8 Å². The Morgan fingerprint density at radius 2 is 2.00 bits per heavy atom. The Morgan fingerprint density at radius 1 is 1.30 bits per heavy atom. The van der Waals surface area contributed by atoms with Crippen molar-refractivity contribution in [1.82, 2.24) is 19.8 Å². The summed E-state index contributed by atoms with van der Waals surface area (Å²) in [4.78, 5) is 44.3. The highest BCUT2D eigenvalue weighted by Gasteiger charge is 2.34. The standard InChI is InChI=1S/C13H8BrClN4O4/c14-9-6-8(13(22)23-19-10(20)3-4-11(19)21)18(17-9)12-7(15)2-1-5-16-12/h1-2,5-6H,3-4H2. The van der Waals surface area contributed by atoms with Gasteiger partial charge in [0, 0.05) is 25.1 Å². The van der Waals surface area contributed by atoms with Gasteiger partial charge in [-0.1, -0.05) is 11.6 Å². The van der Waals surface area contributed by atoms with Crippen LogP contribution in [0.5, 0.6) is 0 Å². The molecule has 3 rings (SSSR count). The zero-order valence-electron chi connectivity index (χ0n) is 11.4. The van der Waals surface area contributed by atoms with Crippen molar-refractivity contribution in [3.8, 4) is 5.82 Å². The average molecular weight is 400 g/mol. The number of aromatic nitrogens is 3. The lowest BCUT2D eigenvalue weighted by Gasteiger charge is -2.13. The third kappa shape index (κ3) is 2.97. The monoisotopic (exact) mass is 398 g/mol. The van der Waals surface area contributed by atoms with Gasteiger partial charge in [-0.3, -0.25) is 9.59 Å². The molecule has 2 aromatic rings. The van der Waals surface area contributed by atoms with Crippen LogP contribution in [0.2, 0.25) is 5.02 Å². The molecule has 0 aromatic carbocycles. The molecular formula is C13H8BrClN4O4. The van der Waals surface area contributed by atoms with Crippen LogP contribution in [0.25, 0.3) is 5.82 Å². The van der Waals surface area contributed by atoms with Crippen molar-refractivity contribution in [2.24, 2.45) is 0 Å². The molecule has 2 amide bonds. The first kappa shape index (κ1) is 15.6. The molecule has 1 fully saturated rings. The van der Waals surface area contributed by atoms with Crippen LogP contribution >= 0.6 is 27.5 Å². The molecule has 10 heteroatoms. The van der Waals surface area contributed by atoms with E-state index in [-0.39, 0.29) is 29.4 Å². The average Bonchev–Trinajstić information content (AvgIpc) is 3.05. The van der Waals surface area contributed by atoms with Crippen molar-refractivity contribution in [2.75, 3.05) is 0 Å². The number of hydrogen-bond acceptors (Lipinski definition) is 6. The van der Waals surface area contributed by atoms with Crippen molar-refractivity contribution in [3.05, 3.63) is 39.7 Å². The summed E-state index contributed by atoms with van der Waals surface area (Å²) in [7, 11) is 0. The van der Waals surface area contributed by atoms with E-state index in [1.165, 1.54) is 16.9 Å². The van der Waals surface area contributed by atoms with E-state index in [1.807, 2.05) is 0 Å². The van der Waals surface area contributed by atoms with Gasteiger partial charge < -0.3 is 4.84 Å². The van der Waals surface area contributed by atoms with Gasteiger partial charge in [0.2, 0.25) is 0 Å². The number of rotatable bonds is 3. The fraction of sp³-hybridized carbons (Fsp3) is 0.154. The van der Waals surface area contributed by atoms with E-state index >= 15 is 0 Å². The molecule has 1 saturated heterocycles. The predicted octanol–water partition coefficient (Wildman–Crippen LogP) is 1.90. The molecule has 0 bridgehead atoms. The molecule has 0 atom stereocenters. The molecule has 0 aliphatic carbocycles. The van der Waals surface area contributed by atoms with Gasteiger partial charge in [0.15, 0.2) is 11.5 Å². The summed E-state index contributed by atoms with van der Waals surface area (Å²) >= 11 is 9.20. The second-order valence-corrected chi connectivity index (χ2v) is 5.75. The van der Waals surface area contributed by atoms with Crippen LogP contribution in [0.15, 0.2) is 29.0 Å².